The lowest BCUT2D eigenvalue weighted by Crippen LogP contribution is -2.50. The minimum Gasteiger partial charge on any atom is -0.480 e. The molecule has 1 aromatic carbocycles. The Morgan fingerprint density at radius 2 is 1.76 bits per heavy atom. The van der Waals surface area contributed by atoms with Gasteiger partial charge in [0, 0.05) is 53.9 Å². The molecule has 41 heavy (non-hydrogen) atoms. The molecule has 0 unspecified atom stereocenters. The minimum absolute atomic E-state index is 0.178. The van der Waals surface area contributed by atoms with E-state index in [1.165, 1.54) is 4.90 Å². The van der Waals surface area contributed by atoms with Crippen LogP contribution in [-0.2, 0) is 21.5 Å². The molecule has 2 aliphatic rings. The third-order valence-electron chi connectivity index (χ3n) is 8.53. The topological polar surface area (TPSA) is 82.5 Å². The Bertz CT molecular complexity index is 1260. The Kier molecular flexibility index (Phi) is 8.87. The summed E-state index contributed by atoms with van der Waals surface area (Å²) >= 11 is 6.61. The van der Waals surface area contributed by atoms with Crippen LogP contribution in [0.3, 0.4) is 0 Å². The first-order valence-corrected chi connectivity index (χ1v) is 14.8. The average Bonchev–Trinajstić information content (AvgIpc) is 3.23. The van der Waals surface area contributed by atoms with E-state index in [2.05, 4.69) is 31.1 Å². The molecule has 224 valence electrons. The molecule has 2 heterocycles. The molecule has 1 aliphatic heterocycles. The van der Waals surface area contributed by atoms with Crippen LogP contribution in [0.15, 0.2) is 42.5 Å². The fraction of sp³-hybridized carbons (Fsp3) is 0.594. The van der Waals surface area contributed by atoms with E-state index in [-0.39, 0.29) is 18.3 Å². The highest BCUT2D eigenvalue weighted by Crippen LogP contribution is 2.50. The molecule has 6 nitrogen and oxygen atoms in total. The number of nitrogens with one attached hydrogen (secondary N) is 1. The second-order valence-electron chi connectivity index (χ2n) is 13.7. The summed E-state index contributed by atoms with van der Waals surface area (Å²) in [7, 11) is 0. The van der Waals surface area contributed by atoms with E-state index >= 15 is 0 Å². The van der Waals surface area contributed by atoms with Gasteiger partial charge in [-0.15, -0.1) is 0 Å². The highest BCUT2D eigenvalue weighted by atomic mass is 35.5. The lowest BCUT2D eigenvalue weighted by Gasteiger charge is -2.37. The minimum atomic E-state index is -2.94. The first-order chi connectivity index (χ1) is 19.0. The second kappa shape index (κ2) is 11.6. The van der Waals surface area contributed by atoms with Gasteiger partial charge in [-0.1, -0.05) is 89.5 Å². The lowest BCUT2D eigenvalue weighted by molar-refractivity contribution is -0.157. The van der Waals surface area contributed by atoms with Crippen molar-refractivity contribution < 1.29 is 23.5 Å². The van der Waals surface area contributed by atoms with Crippen LogP contribution in [0.4, 0.5) is 8.78 Å². The van der Waals surface area contributed by atoms with Gasteiger partial charge in [-0.3, -0.25) is 4.79 Å². The number of likely N-dealkylation sites (tertiary alicyclic amines) is 1. The second-order valence-corrected chi connectivity index (χ2v) is 14.1. The zero-order chi connectivity index (χ0) is 30.3. The largest absolute Gasteiger partial charge is 0.480 e. The number of carbonyl (C=O) groups is 2. The van der Waals surface area contributed by atoms with Crippen molar-refractivity contribution in [2.45, 2.75) is 103 Å². The number of hydrogen-bond donors (Lipinski definition) is 2. The number of benzene rings is 1. The predicted molar refractivity (Wildman–Crippen MR) is 156 cm³/mol. The Balaban J connectivity index is 1.78. The smallest absolute Gasteiger partial charge is 0.326 e. The summed E-state index contributed by atoms with van der Waals surface area (Å²) in [4.78, 5) is 33.1. The molecule has 1 aromatic heterocycles. The normalized spacial score (nSPS) is 26.7. The predicted octanol–water partition coefficient (Wildman–Crippen LogP) is 7.02. The van der Waals surface area contributed by atoms with Crippen molar-refractivity contribution in [1.29, 1.82) is 0 Å². The molecule has 2 aromatic rings. The summed E-state index contributed by atoms with van der Waals surface area (Å²) in [6, 6.07) is 10.8. The monoisotopic (exact) mass is 589 g/mol. The average molecular weight is 590 g/mol. The number of aromatic nitrogens is 1. The quantitative estimate of drug-likeness (QED) is 0.354. The van der Waals surface area contributed by atoms with Gasteiger partial charge in [-0.05, 0) is 29.9 Å². The molecule has 4 rings (SSSR count). The molecule has 1 saturated heterocycles. The number of carbonyl (C=O) groups excluding carboxylic acids is 1. The maximum atomic E-state index is 14.5. The van der Waals surface area contributed by atoms with Gasteiger partial charge < -0.3 is 15.3 Å². The SMILES string of the molecule is CC(C)(C)c1ccc(CN[C@H]2[C@H](C(C)(C)C)[C@@H](C(=O)O)N(C(=O)[C@@H]3CCCC(F)(F)C3)[C@H]2c2ccccc2)c(Cl)n1. The van der Waals surface area contributed by atoms with Crippen molar-refractivity contribution in [2.24, 2.45) is 17.3 Å². The molecule has 1 aliphatic carbocycles. The number of nitrogens with zero attached hydrogens (tertiary/aromatic N) is 2. The van der Waals surface area contributed by atoms with Crippen LogP contribution in [0.5, 0.6) is 0 Å². The van der Waals surface area contributed by atoms with Gasteiger partial charge in [0.15, 0.2) is 0 Å². The molecular weight excluding hydrogens is 548 g/mol. The van der Waals surface area contributed by atoms with E-state index < -0.39 is 59.6 Å². The molecule has 0 bridgehead atoms. The van der Waals surface area contributed by atoms with Crippen LogP contribution in [0.25, 0.3) is 0 Å². The standard InChI is InChI=1S/C32H42ClF2N3O3/c1-30(2,3)22-15-14-21(27(33)37-22)18-36-24-23(31(4,5)6)26(29(40)41)38(25(24)19-11-8-7-9-12-19)28(39)20-13-10-16-32(34,35)17-20/h7-9,11-12,14-15,20,23-26,36H,10,13,16-18H2,1-6H3,(H,40,41)/t20-,23+,24+,25+,26+/m1/s1. The van der Waals surface area contributed by atoms with Crippen LogP contribution in [0, 0.1) is 17.3 Å². The van der Waals surface area contributed by atoms with E-state index in [0.717, 1.165) is 16.8 Å². The molecule has 2 N–H and O–H groups in total. The number of amides is 1. The fourth-order valence-electron chi connectivity index (χ4n) is 6.56. The number of alkyl halides is 2. The number of hydrogen-bond acceptors (Lipinski definition) is 4. The summed E-state index contributed by atoms with van der Waals surface area (Å²) < 4.78 is 28.9. The summed E-state index contributed by atoms with van der Waals surface area (Å²) in [5.74, 6) is -6.06. The Labute approximate surface area is 246 Å². The molecule has 5 atom stereocenters. The summed E-state index contributed by atoms with van der Waals surface area (Å²) in [5.41, 5.74) is 1.64. The molecule has 0 radical (unpaired) electrons. The number of halogens is 3. The number of rotatable bonds is 6. The first kappa shape index (κ1) is 31.4. The zero-order valence-electron chi connectivity index (χ0n) is 24.8. The van der Waals surface area contributed by atoms with Crippen molar-refractivity contribution >= 4 is 23.5 Å². The zero-order valence-corrected chi connectivity index (χ0v) is 25.5. The Morgan fingerprint density at radius 1 is 1.10 bits per heavy atom. The Hall–Kier alpha value is -2.58. The maximum absolute atomic E-state index is 14.5. The molecule has 9 heteroatoms. The van der Waals surface area contributed by atoms with Gasteiger partial charge in [0.25, 0.3) is 0 Å². The van der Waals surface area contributed by atoms with Gasteiger partial charge >= 0.3 is 5.97 Å². The van der Waals surface area contributed by atoms with Gasteiger partial charge in [-0.2, -0.15) is 0 Å². The van der Waals surface area contributed by atoms with E-state index in [1.807, 2.05) is 63.2 Å². The van der Waals surface area contributed by atoms with Gasteiger partial charge in [0.2, 0.25) is 11.8 Å². The van der Waals surface area contributed by atoms with Crippen molar-refractivity contribution in [3.05, 3.63) is 64.4 Å². The van der Waals surface area contributed by atoms with E-state index in [0.29, 0.717) is 18.1 Å². The Morgan fingerprint density at radius 3 is 2.29 bits per heavy atom. The maximum Gasteiger partial charge on any atom is 0.326 e. The molecule has 1 amide bonds. The lowest BCUT2D eigenvalue weighted by atomic mass is 9.72. The van der Waals surface area contributed by atoms with Crippen molar-refractivity contribution in [1.82, 2.24) is 15.2 Å². The molecule has 0 spiro atoms. The molecule has 1 saturated carbocycles. The van der Waals surface area contributed by atoms with Crippen LogP contribution >= 0.6 is 11.6 Å². The first-order valence-electron chi connectivity index (χ1n) is 14.4. The summed E-state index contributed by atoms with van der Waals surface area (Å²) in [6.07, 6.45) is -0.265. The van der Waals surface area contributed by atoms with Gasteiger partial charge in [-0.25, -0.2) is 18.6 Å². The third kappa shape index (κ3) is 6.75. The number of pyridine rings is 1. The number of carboxylic acids is 1. The van der Waals surface area contributed by atoms with Crippen molar-refractivity contribution in [3.63, 3.8) is 0 Å². The molecular formula is C32H42ClF2N3O3. The van der Waals surface area contributed by atoms with E-state index in [1.54, 1.807) is 0 Å². The van der Waals surface area contributed by atoms with Crippen molar-refractivity contribution in [2.75, 3.05) is 0 Å². The van der Waals surface area contributed by atoms with Crippen LogP contribution in [0.2, 0.25) is 5.15 Å². The van der Waals surface area contributed by atoms with Crippen LogP contribution in [0.1, 0.15) is 90.1 Å². The van der Waals surface area contributed by atoms with Crippen LogP contribution < -0.4 is 5.32 Å². The molecule has 2 fully saturated rings. The highest BCUT2D eigenvalue weighted by Gasteiger charge is 2.59. The fourth-order valence-corrected chi connectivity index (χ4v) is 6.78. The van der Waals surface area contributed by atoms with E-state index in [9.17, 15) is 23.5 Å². The number of aliphatic carboxylic acids is 1. The summed E-state index contributed by atoms with van der Waals surface area (Å²) in [5, 5.41) is 14.5. The third-order valence-corrected chi connectivity index (χ3v) is 8.85. The van der Waals surface area contributed by atoms with Gasteiger partial charge in [0.05, 0.1) is 6.04 Å². The van der Waals surface area contributed by atoms with E-state index in [4.69, 9.17) is 11.6 Å². The summed E-state index contributed by atoms with van der Waals surface area (Å²) in [6.45, 7) is 12.3. The van der Waals surface area contributed by atoms with Gasteiger partial charge in [0.1, 0.15) is 11.2 Å². The van der Waals surface area contributed by atoms with Crippen molar-refractivity contribution in [3.8, 4) is 0 Å². The number of carboxylic acid groups (broad SMARTS) is 1. The highest BCUT2D eigenvalue weighted by molar-refractivity contribution is 6.30. The van der Waals surface area contributed by atoms with Crippen LogP contribution in [-0.4, -0.2) is 44.9 Å².